The molecule has 0 aromatic carbocycles. The Morgan fingerprint density at radius 3 is 3.14 bits per heavy atom. The van der Waals surface area contributed by atoms with Crippen LogP contribution in [0.15, 0.2) is 12.7 Å². The molecule has 1 aliphatic heterocycles. The molecule has 3 heteroatoms. The first kappa shape index (κ1) is 11.2. The number of allylic oxidation sites excluding steroid dienone is 1. The highest BCUT2D eigenvalue weighted by atomic mass is 16.1. The van der Waals surface area contributed by atoms with E-state index in [-0.39, 0.29) is 5.91 Å². The predicted molar refractivity (Wildman–Crippen MR) is 58.0 cm³/mol. The lowest BCUT2D eigenvalue weighted by Gasteiger charge is -2.22. The fraction of sp³-hybridized carbons (Fsp3) is 0.727. The molecule has 0 aromatic heterocycles. The predicted octanol–water partition coefficient (Wildman–Crippen LogP) is 1.07. The molecule has 14 heavy (non-hydrogen) atoms. The average Bonchev–Trinajstić information content (AvgIpc) is 2.25. The summed E-state index contributed by atoms with van der Waals surface area (Å²) in [6.07, 6.45) is 5.59. The molecule has 0 radical (unpaired) electrons. The smallest absolute Gasteiger partial charge is 0.220 e. The van der Waals surface area contributed by atoms with Crippen molar-refractivity contribution in [3.63, 3.8) is 0 Å². The first-order valence-corrected chi connectivity index (χ1v) is 5.41. The highest BCUT2D eigenvalue weighted by Gasteiger charge is 2.13. The number of piperidine rings is 1. The van der Waals surface area contributed by atoms with E-state index in [1.807, 2.05) is 0 Å². The Balaban J connectivity index is 2.06. The van der Waals surface area contributed by atoms with Crippen LogP contribution in [-0.4, -0.2) is 25.5 Å². The van der Waals surface area contributed by atoms with E-state index in [9.17, 15) is 4.79 Å². The summed E-state index contributed by atoms with van der Waals surface area (Å²) >= 11 is 0. The van der Waals surface area contributed by atoms with Crippen LogP contribution in [0, 0.1) is 5.92 Å². The van der Waals surface area contributed by atoms with Crippen LogP contribution in [0.1, 0.15) is 25.7 Å². The maximum absolute atomic E-state index is 11.3. The number of amides is 1. The van der Waals surface area contributed by atoms with Gasteiger partial charge < -0.3 is 10.6 Å². The zero-order valence-electron chi connectivity index (χ0n) is 8.72. The molecule has 1 unspecified atom stereocenters. The topological polar surface area (TPSA) is 41.1 Å². The van der Waals surface area contributed by atoms with Gasteiger partial charge in [-0.15, -0.1) is 6.58 Å². The van der Waals surface area contributed by atoms with Crippen molar-refractivity contribution in [2.75, 3.05) is 19.6 Å². The summed E-state index contributed by atoms with van der Waals surface area (Å²) < 4.78 is 0. The quantitative estimate of drug-likeness (QED) is 0.646. The monoisotopic (exact) mass is 196 g/mol. The minimum Gasteiger partial charge on any atom is -0.356 e. The standard InChI is InChI=1S/C11H20N2O/c1-2-3-6-11(14)13-9-10-5-4-7-12-8-10/h2,10,12H,1,3-9H2,(H,13,14). The van der Waals surface area contributed by atoms with Gasteiger partial charge in [-0.05, 0) is 38.3 Å². The van der Waals surface area contributed by atoms with Gasteiger partial charge in [0.15, 0.2) is 0 Å². The Morgan fingerprint density at radius 2 is 2.50 bits per heavy atom. The number of nitrogens with one attached hydrogen (secondary N) is 2. The Labute approximate surface area is 86.0 Å². The second-order valence-corrected chi connectivity index (χ2v) is 3.84. The van der Waals surface area contributed by atoms with Crippen LogP contribution < -0.4 is 10.6 Å². The molecule has 1 amide bonds. The Morgan fingerprint density at radius 1 is 1.64 bits per heavy atom. The maximum atomic E-state index is 11.3. The van der Waals surface area contributed by atoms with E-state index in [4.69, 9.17) is 0 Å². The van der Waals surface area contributed by atoms with Crippen molar-refractivity contribution in [1.29, 1.82) is 0 Å². The molecule has 1 heterocycles. The van der Waals surface area contributed by atoms with Crippen molar-refractivity contribution in [2.45, 2.75) is 25.7 Å². The normalized spacial score (nSPS) is 21.6. The Bertz CT molecular complexity index is 186. The summed E-state index contributed by atoms with van der Waals surface area (Å²) in [5.41, 5.74) is 0. The number of rotatable bonds is 5. The fourth-order valence-corrected chi connectivity index (χ4v) is 1.68. The SMILES string of the molecule is C=CCCC(=O)NCC1CCCNC1. The van der Waals surface area contributed by atoms with Crippen LogP contribution in [0.5, 0.6) is 0 Å². The fourth-order valence-electron chi connectivity index (χ4n) is 1.68. The molecule has 1 atom stereocenters. The molecule has 1 aliphatic rings. The Hall–Kier alpha value is -0.830. The van der Waals surface area contributed by atoms with Crippen LogP contribution in [0.3, 0.4) is 0 Å². The molecule has 1 fully saturated rings. The zero-order chi connectivity index (χ0) is 10.2. The molecular weight excluding hydrogens is 176 g/mol. The summed E-state index contributed by atoms with van der Waals surface area (Å²) in [6, 6.07) is 0. The molecule has 0 aliphatic carbocycles. The van der Waals surface area contributed by atoms with Crippen molar-refractivity contribution < 1.29 is 4.79 Å². The largest absolute Gasteiger partial charge is 0.356 e. The van der Waals surface area contributed by atoms with Crippen molar-refractivity contribution in [2.24, 2.45) is 5.92 Å². The highest BCUT2D eigenvalue weighted by Crippen LogP contribution is 2.08. The van der Waals surface area contributed by atoms with Gasteiger partial charge in [0, 0.05) is 13.0 Å². The third-order valence-corrected chi connectivity index (χ3v) is 2.56. The summed E-state index contributed by atoms with van der Waals surface area (Å²) in [7, 11) is 0. The number of carbonyl (C=O) groups is 1. The first-order valence-electron chi connectivity index (χ1n) is 5.41. The minimum atomic E-state index is 0.149. The van der Waals surface area contributed by atoms with Crippen molar-refractivity contribution in [1.82, 2.24) is 10.6 Å². The van der Waals surface area contributed by atoms with E-state index in [1.54, 1.807) is 6.08 Å². The number of hydrogen-bond acceptors (Lipinski definition) is 2. The molecule has 1 rings (SSSR count). The zero-order valence-corrected chi connectivity index (χ0v) is 8.72. The van der Waals surface area contributed by atoms with Gasteiger partial charge in [0.25, 0.3) is 0 Å². The molecular formula is C11H20N2O. The van der Waals surface area contributed by atoms with Gasteiger partial charge in [0.1, 0.15) is 0 Å². The molecule has 0 spiro atoms. The van der Waals surface area contributed by atoms with Crippen molar-refractivity contribution >= 4 is 5.91 Å². The van der Waals surface area contributed by atoms with Crippen molar-refractivity contribution in [3.05, 3.63) is 12.7 Å². The molecule has 0 aromatic rings. The van der Waals surface area contributed by atoms with Crippen LogP contribution in [-0.2, 0) is 4.79 Å². The second kappa shape index (κ2) is 6.60. The van der Waals surface area contributed by atoms with Gasteiger partial charge in [-0.25, -0.2) is 0 Å². The average molecular weight is 196 g/mol. The van der Waals surface area contributed by atoms with Crippen LogP contribution in [0.2, 0.25) is 0 Å². The lowest BCUT2D eigenvalue weighted by atomic mass is 10.00. The third-order valence-electron chi connectivity index (χ3n) is 2.56. The van der Waals surface area contributed by atoms with Gasteiger partial charge in [-0.1, -0.05) is 6.08 Å². The van der Waals surface area contributed by atoms with Crippen molar-refractivity contribution in [3.8, 4) is 0 Å². The maximum Gasteiger partial charge on any atom is 0.220 e. The van der Waals surface area contributed by atoms with Crippen LogP contribution in [0.4, 0.5) is 0 Å². The van der Waals surface area contributed by atoms with E-state index in [0.717, 1.165) is 26.1 Å². The summed E-state index contributed by atoms with van der Waals surface area (Å²) in [5.74, 6) is 0.770. The van der Waals surface area contributed by atoms with Gasteiger partial charge in [0.05, 0.1) is 0 Å². The first-order chi connectivity index (χ1) is 6.83. The molecule has 2 N–H and O–H groups in total. The van der Waals surface area contributed by atoms with Crippen LogP contribution >= 0.6 is 0 Å². The molecule has 0 bridgehead atoms. The highest BCUT2D eigenvalue weighted by molar-refractivity contribution is 5.75. The number of hydrogen-bond donors (Lipinski definition) is 2. The lowest BCUT2D eigenvalue weighted by molar-refractivity contribution is -0.121. The molecule has 3 nitrogen and oxygen atoms in total. The van der Waals surface area contributed by atoms with Gasteiger partial charge in [0.2, 0.25) is 5.91 Å². The lowest BCUT2D eigenvalue weighted by Crippen LogP contribution is -2.37. The third kappa shape index (κ3) is 4.42. The van der Waals surface area contributed by atoms with Gasteiger partial charge >= 0.3 is 0 Å². The minimum absolute atomic E-state index is 0.149. The second-order valence-electron chi connectivity index (χ2n) is 3.84. The van der Waals surface area contributed by atoms with Gasteiger partial charge in [-0.2, -0.15) is 0 Å². The van der Waals surface area contributed by atoms with E-state index >= 15 is 0 Å². The van der Waals surface area contributed by atoms with Gasteiger partial charge in [-0.3, -0.25) is 4.79 Å². The molecule has 80 valence electrons. The van der Waals surface area contributed by atoms with E-state index in [1.165, 1.54) is 12.8 Å². The van der Waals surface area contributed by atoms with Crippen LogP contribution in [0.25, 0.3) is 0 Å². The summed E-state index contributed by atoms with van der Waals surface area (Å²) in [5, 5.41) is 6.29. The van der Waals surface area contributed by atoms with E-state index < -0.39 is 0 Å². The summed E-state index contributed by atoms with van der Waals surface area (Å²) in [6.45, 7) is 6.58. The summed E-state index contributed by atoms with van der Waals surface area (Å²) in [4.78, 5) is 11.3. The molecule has 1 saturated heterocycles. The molecule has 0 saturated carbocycles. The van der Waals surface area contributed by atoms with E-state index in [0.29, 0.717) is 12.3 Å². The van der Waals surface area contributed by atoms with E-state index in [2.05, 4.69) is 17.2 Å². The Kier molecular flexibility index (Phi) is 5.30. The number of carbonyl (C=O) groups excluding carboxylic acids is 1.